The lowest BCUT2D eigenvalue weighted by Gasteiger charge is -2.39. The maximum Gasteiger partial charge on any atom is 0.272 e. The molecule has 0 aliphatic carbocycles. The summed E-state index contributed by atoms with van der Waals surface area (Å²) < 4.78 is 14.3. The van der Waals surface area contributed by atoms with E-state index in [2.05, 4.69) is 15.3 Å². The van der Waals surface area contributed by atoms with Gasteiger partial charge in [-0.05, 0) is 37.6 Å². The van der Waals surface area contributed by atoms with Crippen LogP contribution in [0.2, 0.25) is 0 Å². The molecule has 4 rings (SSSR count). The number of rotatable bonds is 2. The molecular weight excluding hydrogens is 331 g/mol. The number of carbonyl (C=O) groups is 1. The van der Waals surface area contributed by atoms with Crippen molar-refractivity contribution in [3.63, 3.8) is 0 Å². The highest BCUT2D eigenvalue weighted by Gasteiger charge is 2.36. The Bertz CT molecular complexity index is 823. The van der Waals surface area contributed by atoms with Crippen LogP contribution in [0.15, 0.2) is 24.4 Å². The fraction of sp³-hybridized carbons (Fsp3) is 0.500. The van der Waals surface area contributed by atoms with Gasteiger partial charge in [-0.1, -0.05) is 26.0 Å². The van der Waals surface area contributed by atoms with Crippen LogP contribution in [-0.4, -0.2) is 40.4 Å². The molecule has 2 aromatic rings. The number of aromatic amines is 1. The molecule has 6 heteroatoms. The summed E-state index contributed by atoms with van der Waals surface area (Å²) in [5, 5.41) is 3.34. The lowest BCUT2D eigenvalue weighted by atomic mass is 9.78. The number of nitrogens with one attached hydrogen (secondary N) is 2. The van der Waals surface area contributed by atoms with Crippen molar-refractivity contribution in [3.8, 4) is 0 Å². The Morgan fingerprint density at radius 1 is 1.31 bits per heavy atom. The zero-order valence-corrected chi connectivity index (χ0v) is 15.3. The van der Waals surface area contributed by atoms with Crippen molar-refractivity contribution in [1.29, 1.82) is 0 Å². The van der Waals surface area contributed by atoms with Gasteiger partial charge in [0.25, 0.3) is 5.91 Å². The van der Waals surface area contributed by atoms with E-state index in [9.17, 15) is 9.18 Å². The number of halogens is 1. The van der Waals surface area contributed by atoms with Gasteiger partial charge in [-0.2, -0.15) is 0 Å². The normalized spacial score (nSPS) is 20.0. The number of benzene rings is 1. The maximum atomic E-state index is 14.3. The molecule has 2 aliphatic rings. The average Bonchev–Trinajstić information content (AvgIpc) is 3.11. The van der Waals surface area contributed by atoms with E-state index >= 15 is 0 Å². The van der Waals surface area contributed by atoms with Crippen molar-refractivity contribution in [3.05, 3.63) is 52.9 Å². The highest BCUT2D eigenvalue weighted by atomic mass is 19.1. The van der Waals surface area contributed by atoms with E-state index in [-0.39, 0.29) is 11.7 Å². The molecule has 0 atom stereocenters. The molecule has 26 heavy (non-hydrogen) atoms. The summed E-state index contributed by atoms with van der Waals surface area (Å²) in [6, 6.07) is 5.12. The number of nitrogens with zero attached hydrogens (tertiary/aromatic N) is 2. The van der Waals surface area contributed by atoms with Crippen LogP contribution in [0.5, 0.6) is 0 Å². The Hall–Kier alpha value is -2.21. The Morgan fingerprint density at radius 2 is 2.08 bits per heavy atom. The van der Waals surface area contributed by atoms with Crippen LogP contribution in [0.25, 0.3) is 0 Å². The SMILES string of the molecule is CC1(C)CN(C(=O)c2cnc(C3CCNCC3)[nH]2)Cc2cccc(F)c21. The quantitative estimate of drug-likeness (QED) is 0.870. The standard InChI is InChI=1S/C20H25FN4O/c1-20(2)12-25(11-14-4-3-5-15(21)17(14)20)19(26)16-10-23-18(24-16)13-6-8-22-9-7-13/h3-5,10,13,22H,6-9,11-12H2,1-2H3,(H,23,24). The first-order valence-corrected chi connectivity index (χ1v) is 9.28. The fourth-order valence-electron chi connectivity index (χ4n) is 4.34. The molecular formula is C20H25FN4O. The number of amides is 1. The Kier molecular flexibility index (Phi) is 4.31. The van der Waals surface area contributed by atoms with E-state index < -0.39 is 5.41 Å². The van der Waals surface area contributed by atoms with Crippen LogP contribution in [0.3, 0.4) is 0 Å². The first kappa shape index (κ1) is 17.2. The number of hydrogen-bond acceptors (Lipinski definition) is 3. The van der Waals surface area contributed by atoms with Crippen molar-refractivity contribution in [1.82, 2.24) is 20.2 Å². The molecule has 3 heterocycles. The van der Waals surface area contributed by atoms with E-state index in [1.165, 1.54) is 6.07 Å². The monoisotopic (exact) mass is 356 g/mol. The van der Waals surface area contributed by atoms with Gasteiger partial charge in [-0.25, -0.2) is 9.37 Å². The number of hydrogen-bond donors (Lipinski definition) is 2. The number of fused-ring (bicyclic) bond motifs is 1. The third kappa shape index (κ3) is 3.03. The van der Waals surface area contributed by atoms with Gasteiger partial charge in [-0.3, -0.25) is 4.79 Å². The molecule has 1 aromatic carbocycles. The number of piperidine rings is 1. The summed E-state index contributed by atoms with van der Waals surface area (Å²) in [4.78, 5) is 22.5. The number of carbonyl (C=O) groups excluding carboxylic acids is 1. The predicted octanol–water partition coefficient (Wildman–Crippen LogP) is 2.95. The molecule has 0 radical (unpaired) electrons. The van der Waals surface area contributed by atoms with Gasteiger partial charge in [0.1, 0.15) is 17.3 Å². The van der Waals surface area contributed by atoms with Gasteiger partial charge >= 0.3 is 0 Å². The molecule has 138 valence electrons. The maximum absolute atomic E-state index is 14.3. The first-order chi connectivity index (χ1) is 12.5. The molecule has 0 bridgehead atoms. The molecule has 2 aliphatic heterocycles. The van der Waals surface area contributed by atoms with E-state index in [0.29, 0.717) is 24.7 Å². The van der Waals surface area contributed by atoms with Gasteiger partial charge in [0.2, 0.25) is 0 Å². The van der Waals surface area contributed by atoms with Crippen LogP contribution >= 0.6 is 0 Å². The number of aromatic nitrogens is 2. The van der Waals surface area contributed by atoms with E-state index in [4.69, 9.17) is 0 Å². The van der Waals surface area contributed by atoms with Crippen molar-refractivity contribution < 1.29 is 9.18 Å². The smallest absolute Gasteiger partial charge is 0.272 e. The van der Waals surface area contributed by atoms with Crippen LogP contribution in [0.1, 0.15) is 60.0 Å². The predicted molar refractivity (Wildman–Crippen MR) is 97.6 cm³/mol. The summed E-state index contributed by atoms with van der Waals surface area (Å²) >= 11 is 0. The van der Waals surface area contributed by atoms with E-state index in [1.54, 1.807) is 17.2 Å². The third-order valence-electron chi connectivity index (χ3n) is 5.56. The zero-order chi connectivity index (χ0) is 18.3. The molecule has 1 amide bonds. The first-order valence-electron chi connectivity index (χ1n) is 9.28. The van der Waals surface area contributed by atoms with Crippen LogP contribution in [0, 0.1) is 5.82 Å². The van der Waals surface area contributed by atoms with E-state index in [1.807, 2.05) is 19.9 Å². The van der Waals surface area contributed by atoms with Gasteiger partial charge in [0.05, 0.1) is 6.20 Å². The van der Waals surface area contributed by atoms with Crippen LogP contribution in [-0.2, 0) is 12.0 Å². The molecule has 1 fully saturated rings. The molecule has 1 saturated heterocycles. The van der Waals surface area contributed by atoms with Crippen molar-refractivity contribution >= 4 is 5.91 Å². The highest BCUT2D eigenvalue weighted by molar-refractivity contribution is 5.92. The van der Waals surface area contributed by atoms with Crippen LogP contribution in [0.4, 0.5) is 4.39 Å². The second-order valence-corrected chi connectivity index (χ2v) is 8.03. The molecule has 1 aromatic heterocycles. The summed E-state index contributed by atoms with van der Waals surface area (Å²) in [6.07, 6.45) is 3.71. The molecule has 0 saturated carbocycles. The molecule has 0 unspecified atom stereocenters. The van der Waals surface area contributed by atoms with E-state index in [0.717, 1.165) is 42.9 Å². The molecule has 5 nitrogen and oxygen atoms in total. The molecule has 0 spiro atoms. The minimum atomic E-state index is -0.424. The van der Waals surface area contributed by atoms with Crippen molar-refractivity contribution in [2.24, 2.45) is 0 Å². The van der Waals surface area contributed by atoms with Gasteiger partial charge in [-0.15, -0.1) is 0 Å². The summed E-state index contributed by atoms with van der Waals surface area (Å²) in [7, 11) is 0. The highest BCUT2D eigenvalue weighted by Crippen LogP contribution is 2.35. The second-order valence-electron chi connectivity index (χ2n) is 8.03. The lowest BCUT2D eigenvalue weighted by molar-refractivity contribution is 0.0677. The van der Waals surface area contributed by atoms with Crippen molar-refractivity contribution in [2.75, 3.05) is 19.6 Å². The lowest BCUT2D eigenvalue weighted by Crippen LogP contribution is -2.45. The summed E-state index contributed by atoms with van der Waals surface area (Å²) in [5.41, 5.74) is 1.71. The van der Waals surface area contributed by atoms with Gasteiger partial charge < -0.3 is 15.2 Å². The summed E-state index contributed by atoms with van der Waals surface area (Å²) in [5.74, 6) is 1.03. The second kappa shape index (κ2) is 6.50. The topological polar surface area (TPSA) is 61.0 Å². The molecule has 2 N–H and O–H groups in total. The average molecular weight is 356 g/mol. The number of imidazole rings is 1. The minimum Gasteiger partial charge on any atom is -0.338 e. The Labute approximate surface area is 153 Å². The third-order valence-corrected chi connectivity index (χ3v) is 5.56. The Balaban J connectivity index is 1.57. The Morgan fingerprint density at radius 3 is 2.85 bits per heavy atom. The fourth-order valence-corrected chi connectivity index (χ4v) is 4.34. The largest absolute Gasteiger partial charge is 0.338 e. The van der Waals surface area contributed by atoms with Crippen LogP contribution < -0.4 is 5.32 Å². The van der Waals surface area contributed by atoms with Crippen molar-refractivity contribution in [2.45, 2.75) is 44.6 Å². The van der Waals surface area contributed by atoms with Gasteiger partial charge in [0.15, 0.2) is 0 Å². The van der Waals surface area contributed by atoms with Gasteiger partial charge in [0, 0.05) is 30.0 Å². The summed E-state index contributed by atoms with van der Waals surface area (Å²) in [6.45, 7) is 6.86. The zero-order valence-electron chi connectivity index (χ0n) is 15.3. The number of H-pyrrole nitrogens is 1. The minimum absolute atomic E-state index is 0.0688.